The molecule has 152 valence electrons. The molecule has 0 amide bonds. The number of benzene rings is 3. The molecule has 30 heavy (non-hydrogen) atoms. The maximum absolute atomic E-state index is 11.4. The first kappa shape index (κ1) is 21.0. The van der Waals surface area contributed by atoms with E-state index in [0.29, 0.717) is 12.1 Å². The average Bonchev–Trinajstić information content (AvgIpc) is 2.77. The molecule has 0 saturated carbocycles. The number of nitro benzene ring substituents is 2. The summed E-state index contributed by atoms with van der Waals surface area (Å²) < 4.78 is 0. The van der Waals surface area contributed by atoms with E-state index in [9.17, 15) is 20.2 Å². The minimum Gasteiger partial charge on any atom is -0.271 e. The quantitative estimate of drug-likeness (QED) is 0.229. The summed E-state index contributed by atoms with van der Waals surface area (Å²) in [6, 6.07) is 21.0. The molecule has 0 heterocycles. The van der Waals surface area contributed by atoms with E-state index in [2.05, 4.69) is 10.5 Å². The molecule has 0 atom stereocenters. The Morgan fingerprint density at radius 3 is 2.27 bits per heavy atom. The lowest BCUT2D eigenvalue weighted by atomic mass is 10.0. The highest BCUT2D eigenvalue weighted by atomic mass is 32.2. The number of nitro groups is 2. The number of anilines is 1. The molecule has 0 aromatic heterocycles. The van der Waals surface area contributed by atoms with Gasteiger partial charge in [0.1, 0.15) is 5.69 Å². The topological polar surface area (TPSA) is 111 Å². The number of hydrazone groups is 1. The van der Waals surface area contributed by atoms with E-state index in [1.165, 1.54) is 12.1 Å². The van der Waals surface area contributed by atoms with Crippen molar-refractivity contribution < 1.29 is 9.85 Å². The molecular weight excluding hydrogens is 404 g/mol. The number of thioether (sulfide) groups is 1. The normalized spacial score (nSPS) is 11.2. The summed E-state index contributed by atoms with van der Waals surface area (Å²) >= 11 is 1.63. The van der Waals surface area contributed by atoms with Crippen LogP contribution in [-0.4, -0.2) is 21.8 Å². The van der Waals surface area contributed by atoms with Crippen LogP contribution in [0.25, 0.3) is 0 Å². The van der Waals surface area contributed by atoms with Crippen LogP contribution in [0.1, 0.15) is 11.1 Å². The molecular formula is C21H18N4O4S. The predicted molar refractivity (Wildman–Crippen MR) is 118 cm³/mol. The van der Waals surface area contributed by atoms with Gasteiger partial charge in [0.05, 0.1) is 21.6 Å². The van der Waals surface area contributed by atoms with Gasteiger partial charge >= 0.3 is 5.69 Å². The standard InChI is InChI=1S/C21H18N4O4S/c1-30-18-10-7-16(8-11-18)20(13-15-5-3-2-4-6-15)23-22-19-12-9-17(24(26)27)14-21(19)25(28)29/h2-12,14,22H,13H2,1H3/b23-20+. The molecule has 3 aromatic carbocycles. The van der Waals surface area contributed by atoms with Gasteiger partial charge in [0.15, 0.2) is 0 Å². The Labute approximate surface area is 176 Å². The van der Waals surface area contributed by atoms with Crippen molar-refractivity contribution in [3.05, 3.63) is 104 Å². The molecule has 0 unspecified atom stereocenters. The fraction of sp³-hybridized carbons (Fsp3) is 0.0952. The van der Waals surface area contributed by atoms with Crippen LogP contribution >= 0.6 is 11.8 Å². The van der Waals surface area contributed by atoms with Crippen molar-refractivity contribution in [3.8, 4) is 0 Å². The van der Waals surface area contributed by atoms with Crippen LogP contribution in [0.4, 0.5) is 17.1 Å². The van der Waals surface area contributed by atoms with Crippen molar-refractivity contribution in [2.75, 3.05) is 11.7 Å². The monoisotopic (exact) mass is 422 g/mol. The molecule has 0 radical (unpaired) electrons. The number of rotatable bonds is 8. The van der Waals surface area contributed by atoms with Gasteiger partial charge in [-0.15, -0.1) is 11.8 Å². The summed E-state index contributed by atoms with van der Waals surface area (Å²) in [5.74, 6) is 0. The van der Waals surface area contributed by atoms with Crippen molar-refractivity contribution in [1.82, 2.24) is 0 Å². The highest BCUT2D eigenvalue weighted by Gasteiger charge is 2.19. The van der Waals surface area contributed by atoms with Crippen molar-refractivity contribution in [1.29, 1.82) is 0 Å². The molecule has 0 bridgehead atoms. The Hall–Kier alpha value is -3.72. The SMILES string of the molecule is CSc1ccc(/C(Cc2ccccc2)=N/Nc2ccc([N+](=O)[O-])cc2[N+](=O)[O-])cc1. The number of nitrogens with one attached hydrogen (secondary N) is 1. The molecule has 3 rings (SSSR count). The van der Waals surface area contributed by atoms with Crippen LogP contribution in [0.15, 0.2) is 82.8 Å². The van der Waals surface area contributed by atoms with Gasteiger partial charge < -0.3 is 0 Å². The van der Waals surface area contributed by atoms with Gasteiger partial charge in [-0.25, -0.2) is 0 Å². The minimum absolute atomic E-state index is 0.0805. The highest BCUT2D eigenvalue weighted by Crippen LogP contribution is 2.29. The maximum Gasteiger partial charge on any atom is 0.301 e. The summed E-state index contributed by atoms with van der Waals surface area (Å²) in [5.41, 5.74) is 4.63. The minimum atomic E-state index is -0.672. The van der Waals surface area contributed by atoms with E-state index < -0.39 is 15.5 Å². The number of hydrogen-bond donors (Lipinski definition) is 1. The largest absolute Gasteiger partial charge is 0.301 e. The molecule has 0 fully saturated rings. The van der Waals surface area contributed by atoms with E-state index in [-0.39, 0.29) is 11.4 Å². The van der Waals surface area contributed by atoms with Crippen LogP contribution in [-0.2, 0) is 6.42 Å². The summed E-state index contributed by atoms with van der Waals surface area (Å²) in [4.78, 5) is 22.1. The summed E-state index contributed by atoms with van der Waals surface area (Å²) in [5, 5.41) is 26.7. The molecule has 0 saturated heterocycles. The first-order chi connectivity index (χ1) is 14.5. The molecule has 0 aliphatic heterocycles. The van der Waals surface area contributed by atoms with Gasteiger partial charge in [-0.05, 0) is 35.6 Å². The third kappa shape index (κ3) is 5.21. The predicted octanol–water partition coefficient (Wildman–Crippen LogP) is 5.28. The Kier molecular flexibility index (Phi) is 6.76. The van der Waals surface area contributed by atoms with E-state index in [4.69, 9.17) is 0 Å². The first-order valence-corrected chi connectivity index (χ1v) is 10.1. The maximum atomic E-state index is 11.4. The van der Waals surface area contributed by atoms with Crippen molar-refractivity contribution in [3.63, 3.8) is 0 Å². The average molecular weight is 422 g/mol. The van der Waals surface area contributed by atoms with Crippen molar-refractivity contribution in [2.45, 2.75) is 11.3 Å². The first-order valence-electron chi connectivity index (χ1n) is 8.91. The van der Waals surface area contributed by atoms with E-state index in [1.807, 2.05) is 60.9 Å². The Morgan fingerprint density at radius 1 is 0.967 bits per heavy atom. The van der Waals surface area contributed by atoms with Gasteiger partial charge in [-0.3, -0.25) is 25.7 Å². The van der Waals surface area contributed by atoms with E-state index in [1.54, 1.807) is 11.8 Å². The fourth-order valence-electron chi connectivity index (χ4n) is 2.79. The van der Waals surface area contributed by atoms with Gasteiger partial charge in [-0.2, -0.15) is 5.10 Å². The number of nitrogens with zero attached hydrogens (tertiary/aromatic N) is 3. The van der Waals surface area contributed by atoms with Gasteiger partial charge in [0, 0.05) is 17.4 Å². The molecule has 0 aliphatic carbocycles. The highest BCUT2D eigenvalue weighted by molar-refractivity contribution is 7.98. The van der Waals surface area contributed by atoms with Crippen LogP contribution in [0, 0.1) is 20.2 Å². The zero-order valence-corrected chi connectivity index (χ0v) is 16.8. The second-order valence-electron chi connectivity index (χ2n) is 6.28. The summed E-state index contributed by atoms with van der Waals surface area (Å²) in [6.07, 6.45) is 2.50. The lowest BCUT2D eigenvalue weighted by Crippen LogP contribution is -2.09. The van der Waals surface area contributed by atoms with Gasteiger partial charge in [-0.1, -0.05) is 42.5 Å². The van der Waals surface area contributed by atoms with Gasteiger partial charge in [0.2, 0.25) is 0 Å². The molecule has 9 heteroatoms. The Bertz CT molecular complexity index is 1090. The van der Waals surface area contributed by atoms with Crippen LogP contribution in [0.5, 0.6) is 0 Å². The summed E-state index contributed by atoms with van der Waals surface area (Å²) in [6.45, 7) is 0. The van der Waals surface area contributed by atoms with Crippen molar-refractivity contribution in [2.24, 2.45) is 5.10 Å². The van der Waals surface area contributed by atoms with Crippen LogP contribution in [0.3, 0.4) is 0 Å². The van der Waals surface area contributed by atoms with Gasteiger partial charge in [0.25, 0.3) is 5.69 Å². The zero-order valence-electron chi connectivity index (χ0n) is 16.0. The lowest BCUT2D eigenvalue weighted by molar-refractivity contribution is -0.393. The Balaban J connectivity index is 1.96. The zero-order chi connectivity index (χ0) is 21.5. The van der Waals surface area contributed by atoms with Crippen LogP contribution < -0.4 is 5.43 Å². The lowest BCUT2D eigenvalue weighted by Gasteiger charge is -2.10. The van der Waals surface area contributed by atoms with Crippen molar-refractivity contribution >= 4 is 34.5 Å². The Morgan fingerprint density at radius 2 is 1.67 bits per heavy atom. The summed E-state index contributed by atoms with van der Waals surface area (Å²) in [7, 11) is 0. The fourth-order valence-corrected chi connectivity index (χ4v) is 3.19. The number of hydrogen-bond acceptors (Lipinski definition) is 7. The second-order valence-corrected chi connectivity index (χ2v) is 7.16. The van der Waals surface area contributed by atoms with E-state index in [0.717, 1.165) is 22.1 Å². The smallest absolute Gasteiger partial charge is 0.271 e. The van der Waals surface area contributed by atoms with E-state index >= 15 is 0 Å². The third-order valence-electron chi connectivity index (χ3n) is 4.34. The molecule has 3 aromatic rings. The molecule has 0 spiro atoms. The second kappa shape index (κ2) is 9.66. The molecule has 1 N–H and O–H groups in total. The molecule has 8 nitrogen and oxygen atoms in total. The molecule has 0 aliphatic rings. The van der Waals surface area contributed by atoms with Crippen LogP contribution in [0.2, 0.25) is 0 Å². The third-order valence-corrected chi connectivity index (χ3v) is 5.08. The number of non-ortho nitro benzene ring substituents is 1.